The van der Waals surface area contributed by atoms with E-state index in [0.29, 0.717) is 12.1 Å². The van der Waals surface area contributed by atoms with Crippen LogP contribution in [-0.4, -0.2) is 22.2 Å². The van der Waals surface area contributed by atoms with Crippen LogP contribution >= 0.6 is 0 Å². The van der Waals surface area contributed by atoms with Gasteiger partial charge in [0.05, 0.1) is 6.10 Å². The molecule has 5 heteroatoms. The molecule has 2 amide bonds. The van der Waals surface area contributed by atoms with E-state index in [4.69, 9.17) is 5.73 Å². The summed E-state index contributed by atoms with van der Waals surface area (Å²) in [7, 11) is 0. The van der Waals surface area contributed by atoms with Crippen LogP contribution in [0.15, 0.2) is 12.3 Å². The minimum absolute atomic E-state index is 0.352. The molecule has 0 radical (unpaired) electrons. The van der Waals surface area contributed by atoms with E-state index in [1.54, 1.807) is 12.3 Å². The van der Waals surface area contributed by atoms with Crippen molar-refractivity contribution in [3.8, 4) is 0 Å². The molecular weight excluding hydrogens is 194 g/mol. The zero-order chi connectivity index (χ0) is 10.8. The highest BCUT2D eigenvalue weighted by atomic mass is 16.3. The van der Waals surface area contributed by atoms with Gasteiger partial charge in [-0.2, -0.15) is 0 Å². The summed E-state index contributed by atoms with van der Waals surface area (Å²) in [6, 6.07) is 1.10. The lowest BCUT2D eigenvalue weighted by Crippen LogP contribution is -2.25. The van der Waals surface area contributed by atoms with Crippen LogP contribution in [0.5, 0.6) is 0 Å². The fraction of sp³-hybridized carbons (Fsp3) is 0.400. The van der Waals surface area contributed by atoms with Gasteiger partial charge >= 0.3 is 6.03 Å². The molecule has 15 heavy (non-hydrogen) atoms. The van der Waals surface area contributed by atoms with Crippen molar-refractivity contribution in [3.63, 3.8) is 0 Å². The first-order valence-corrected chi connectivity index (χ1v) is 4.88. The van der Waals surface area contributed by atoms with Gasteiger partial charge in [-0.15, -0.1) is 0 Å². The molecule has 0 fully saturated rings. The maximum Gasteiger partial charge on any atom is 0.316 e. The van der Waals surface area contributed by atoms with E-state index >= 15 is 0 Å². The van der Waals surface area contributed by atoms with E-state index in [9.17, 15) is 9.90 Å². The van der Waals surface area contributed by atoms with Crippen LogP contribution in [0.4, 0.5) is 10.5 Å². The molecule has 1 aliphatic rings. The molecule has 1 atom stereocenters. The normalized spacial score (nSPS) is 19.4. The summed E-state index contributed by atoms with van der Waals surface area (Å²) in [5.41, 5.74) is 7.55. The summed E-state index contributed by atoms with van der Waals surface area (Å²) < 4.78 is 0. The Morgan fingerprint density at radius 1 is 1.67 bits per heavy atom. The molecular formula is C10H13N3O2. The van der Waals surface area contributed by atoms with Gasteiger partial charge in [0.15, 0.2) is 0 Å². The lowest BCUT2D eigenvalue weighted by molar-refractivity contribution is 0.158. The minimum Gasteiger partial charge on any atom is -0.393 e. The third-order valence-electron chi connectivity index (χ3n) is 2.56. The molecule has 1 aromatic rings. The zero-order valence-electron chi connectivity index (χ0n) is 8.23. The average Bonchev–Trinajstić information content (AvgIpc) is 2.18. The summed E-state index contributed by atoms with van der Waals surface area (Å²) in [6.45, 7) is 0. The molecule has 2 rings (SSSR count). The monoisotopic (exact) mass is 207 g/mol. The van der Waals surface area contributed by atoms with Gasteiger partial charge in [-0.25, -0.2) is 4.79 Å². The van der Waals surface area contributed by atoms with Gasteiger partial charge in [0.25, 0.3) is 0 Å². The van der Waals surface area contributed by atoms with Crippen molar-refractivity contribution in [1.29, 1.82) is 0 Å². The predicted octanol–water partition coefficient (Wildman–Crippen LogP) is 0.422. The number of urea groups is 1. The van der Waals surface area contributed by atoms with Crippen molar-refractivity contribution in [3.05, 3.63) is 23.5 Å². The summed E-state index contributed by atoms with van der Waals surface area (Å²) in [4.78, 5) is 15.0. The molecule has 0 aromatic carbocycles. The zero-order valence-corrected chi connectivity index (χ0v) is 8.23. The summed E-state index contributed by atoms with van der Waals surface area (Å²) >= 11 is 0. The van der Waals surface area contributed by atoms with Crippen molar-refractivity contribution in [2.45, 2.75) is 25.4 Å². The van der Waals surface area contributed by atoms with Gasteiger partial charge in [-0.3, -0.25) is 4.98 Å². The molecule has 0 bridgehead atoms. The van der Waals surface area contributed by atoms with Crippen LogP contribution in [-0.2, 0) is 12.8 Å². The van der Waals surface area contributed by atoms with Crippen LogP contribution < -0.4 is 11.1 Å². The number of aliphatic hydroxyl groups excluding tert-OH is 1. The number of carbonyl (C=O) groups excluding carboxylic acids is 1. The van der Waals surface area contributed by atoms with E-state index < -0.39 is 6.03 Å². The number of fused-ring (bicyclic) bond motifs is 1. The number of carbonyl (C=O) groups is 1. The van der Waals surface area contributed by atoms with Crippen molar-refractivity contribution < 1.29 is 9.90 Å². The lowest BCUT2D eigenvalue weighted by atomic mass is 9.92. The second-order valence-electron chi connectivity index (χ2n) is 3.67. The predicted molar refractivity (Wildman–Crippen MR) is 55.5 cm³/mol. The summed E-state index contributed by atoms with van der Waals surface area (Å²) in [6.07, 6.45) is 3.28. The quantitative estimate of drug-likeness (QED) is 0.623. The number of hydrogen-bond acceptors (Lipinski definition) is 3. The van der Waals surface area contributed by atoms with Crippen molar-refractivity contribution in [2.75, 3.05) is 5.32 Å². The van der Waals surface area contributed by atoms with Gasteiger partial charge in [0.2, 0.25) is 0 Å². The number of aromatic nitrogens is 1. The van der Waals surface area contributed by atoms with Gasteiger partial charge in [0, 0.05) is 24.0 Å². The Hall–Kier alpha value is -1.62. The maximum absolute atomic E-state index is 10.8. The number of rotatable bonds is 1. The third-order valence-corrected chi connectivity index (χ3v) is 2.56. The van der Waals surface area contributed by atoms with Crippen molar-refractivity contribution in [1.82, 2.24) is 4.98 Å². The lowest BCUT2D eigenvalue weighted by Gasteiger charge is -2.21. The highest BCUT2D eigenvalue weighted by Gasteiger charge is 2.20. The molecule has 0 spiro atoms. The first kappa shape index (κ1) is 9.92. The van der Waals surface area contributed by atoms with Gasteiger partial charge in [0.1, 0.15) is 0 Å². The van der Waals surface area contributed by atoms with Crippen LogP contribution in [0.1, 0.15) is 17.7 Å². The van der Waals surface area contributed by atoms with E-state index in [-0.39, 0.29) is 6.10 Å². The first-order chi connectivity index (χ1) is 7.16. The highest BCUT2D eigenvalue weighted by molar-refractivity contribution is 5.88. The number of aliphatic hydroxyl groups is 1. The molecule has 1 aromatic heterocycles. The first-order valence-electron chi connectivity index (χ1n) is 4.88. The maximum atomic E-state index is 10.8. The highest BCUT2D eigenvalue weighted by Crippen LogP contribution is 2.26. The number of anilines is 1. The Morgan fingerprint density at radius 2 is 2.47 bits per heavy atom. The number of hydrogen-bond donors (Lipinski definition) is 3. The molecule has 0 aliphatic heterocycles. The van der Waals surface area contributed by atoms with Crippen molar-refractivity contribution in [2.24, 2.45) is 5.73 Å². The number of nitrogens with one attached hydrogen (secondary N) is 1. The topological polar surface area (TPSA) is 88.2 Å². The van der Waals surface area contributed by atoms with Crippen LogP contribution in [0.3, 0.4) is 0 Å². The third kappa shape index (κ3) is 2.07. The fourth-order valence-electron chi connectivity index (χ4n) is 1.87. The number of nitrogens with zero attached hydrogens (tertiary/aromatic N) is 1. The number of nitrogens with two attached hydrogens (primary N) is 1. The van der Waals surface area contributed by atoms with Gasteiger partial charge in [-0.1, -0.05) is 0 Å². The van der Waals surface area contributed by atoms with E-state index in [1.807, 2.05) is 0 Å². The number of aryl methyl sites for hydroxylation is 1. The summed E-state index contributed by atoms with van der Waals surface area (Å²) in [5, 5.41) is 12.1. The van der Waals surface area contributed by atoms with Crippen LogP contribution in [0, 0.1) is 0 Å². The van der Waals surface area contributed by atoms with Crippen molar-refractivity contribution >= 4 is 11.7 Å². The fourth-order valence-corrected chi connectivity index (χ4v) is 1.87. The number of pyridine rings is 1. The second-order valence-corrected chi connectivity index (χ2v) is 3.67. The Labute approximate surface area is 87.3 Å². The van der Waals surface area contributed by atoms with E-state index in [0.717, 1.165) is 24.1 Å². The average molecular weight is 207 g/mol. The van der Waals surface area contributed by atoms with Crippen LogP contribution in [0.25, 0.3) is 0 Å². The summed E-state index contributed by atoms with van der Waals surface area (Å²) in [5.74, 6) is 0. The molecule has 0 saturated heterocycles. The molecule has 1 unspecified atom stereocenters. The molecule has 1 heterocycles. The minimum atomic E-state index is -0.594. The van der Waals surface area contributed by atoms with Gasteiger partial charge < -0.3 is 16.2 Å². The largest absolute Gasteiger partial charge is 0.393 e. The number of primary amides is 1. The van der Waals surface area contributed by atoms with Gasteiger partial charge in [-0.05, 0) is 24.5 Å². The molecule has 80 valence electrons. The Morgan fingerprint density at radius 3 is 3.20 bits per heavy atom. The van der Waals surface area contributed by atoms with Crippen LogP contribution in [0.2, 0.25) is 0 Å². The Kier molecular flexibility index (Phi) is 2.55. The molecule has 5 nitrogen and oxygen atoms in total. The van der Waals surface area contributed by atoms with E-state index in [1.165, 1.54) is 0 Å². The Bertz CT molecular complexity index is 392. The SMILES string of the molecule is NC(=O)Nc1ccnc2c1CC(O)CC2. The molecule has 1 aliphatic carbocycles. The standard InChI is InChI=1S/C10H13N3O2/c11-10(15)13-9-3-4-12-8-2-1-6(14)5-7(8)9/h3-4,6,14H,1-2,5H2,(H3,11,12,13,15). The molecule has 0 saturated carbocycles. The smallest absolute Gasteiger partial charge is 0.316 e. The second kappa shape index (κ2) is 3.86. The molecule has 4 N–H and O–H groups in total. The number of amides is 2. The van der Waals surface area contributed by atoms with E-state index in [2.05, 4.69) is 10.3 Å². The Balaban J connectivity index is 2.35.